The first kappa shape index (κ1) is 26.2. The number of rotatable bonds is 1. The van der Waals surface area contributed by atoms with E-state index in [1.807, 2.05) is 21.0 Å². The van der Waals surface area contributed by atoms with E-state index in [2.05, 4.69) is 47.6 Å². The minimum atomic E-state index is -0.412. The lowest BCUT2D eigenvalue weighted by Crippen LogP contribution is -2.58. The van der Waals surface area contributed by atoms with Gasteiger partial charge in [-0.05, 0) is 60.7 Å². The highest BCUT2D eigenvalue weighted by Gasteiger charge is 2.68. The molecule has 0 amide bonds. The van der Waals surface area contributed by atoms with Gasteiger partial charge in [-0.2, -0.15) is 0 Å². The number of ether oxygens (including phenoxy) is 3. The van der Waals surface area contributed by atoms with Gasteiger partial charge in [0.15, 0.2) is 5.79 Å². The van der Waals surface area contributed by atoms with E-state index in [9.17, 15) is 0 Å². The Morgan fingerprint density at radius 2 is 1.53 bits per heavy atom. The third kappa shape index (κ3) is 4.36. The topological polar surface area (TPSA) is 27.7 Å². The second kappa shape index (κ2) is 9.70. The van der Waals surface area contributed by atoms with Crippen LogP contribution >= 0.6 is 0 Å². The molecule has 0 aromatic carbocycles. The van der Waals surface area contributed by atoms with E-state index in [4.69, 9.17) is 14.2 Å². The van der Waals surface area contributed by atoms with Crippen molar-refractivity contribution in [2.75, 3.05) is 20.3 Å². The standard InChI is InChI=1S/C22H34O3.C5H12.C2H6/c1-20-10-5-4-6-15(20)7-8-16-17-9-11-22(24-12-13-25-22)21(17,2)19(23-3)14-18(16)20;1-5(2,3)4;1-2/h14-17,19H,4-13H2,1-3H3;1-4H3;1-2H3. The quantitative estimate of drug-likeness (QED) is 0.383. The molecule has 5 rings (SSSR count). The highest BCUT2D eigenvalue weighted by Crippen LogP contribution is 2.68. The maximum Gasteiger partial charge on any atom is 0.176 e. The molecule has 4 fully saturated rings. The second-order valence-electron chi connectivity index (χ2n) is 12.7. The second-order valence-corrected chi connectivity index (χ2v) is 12.7. The van der Waals surface area contributed by atoms with Gasteiger partial charge < -0.3 is 14.2 Å². The molecule has 1 heterocycles. The molecule has 0 aromatic rings. The van der Waals surface area contributed by atoms with Crippen LogP contribution in [0.5, 0.6) is 0 Å². The lowest BCUT2D eigenvalue weighted by molar-refractivity contribution is -0.255. The average molecular weight is 449 g/mol. The molecule has 0 aromatic heterocycles. The van der Waals surface area contributed by atoms with E-state index in [0.29, 0.717) is 22.7 Å². The molecule has 6 unspecified atom stereocenters. The van der Waals surface area contributed by atoms with Crippen molar-refractivity contribution in [2.24, 2.45) is 34.0 Å². The average Bonchev–Trinajstić information content (AvgIpc) is 3.34. The van der Waals surface area contributed by atoms with Crippen molar-refractivity contribution in [3.63, 3.8) is 0 Å². The number of hydrogen-bond acceptors (Lipinski definition) is 3. The van der Waals surface area contributed by atoms with E-state index < -0.39 is 5.79 Å². The number of hydrogen-bond donors (Lipinski definition) is 0. The van der Waals surface area contributed by atoms with Gasteiger partial charge >= 0.3 is 0 Å². The van der Waals surface area contributed by atoms with Crippen LogP contribution in [-0.2, 0) is 14.2 Å². The lowest BCUT2D eigenvalue weighted by Gasteiger charge is -2.58. The SMILES string of the molecule is CC.CC(C)(C)C.COC1C=C2C(CCC3CCCCC23C)C2CCC3(OCCO3)C12C. The summed E-state index contributed by atoms with van der Waals surface area (Å²) < 4.78 is 18.7. The number of methoxy groups -OCH3 is 1. The first-order valence-corrected chi connectivity index (χ1v) is 13.6. The van der Waals surface area contributed by atoms with Crippen molar-refractivity contribution < 1.29 is 14.2 Å². The van der Waals surface area contributed by atoms with Crippen LogP contribution in [0.2, 0.25) is 0 Å². The Morgan fingerprint density at radius 3 is 2.12 bits per heavy atom. The molecule has 32 heavy (non-hydrogen) atoms. The number of allylic oxidation sites excluding steroid dienone is 1. The maximum absolute atomic E-state index is 6.29. The molecule has 5 aliphatic rings. The summed E-state index contributed by atoms with van der Waals surface area (Å²) in [7, 11) is 1.88. The van der Waals surface area contributed by atoms with Gasteiger partial charge in [-0.15, -0.1) is 0 Å². The largest absolute Gasteiger partial charge is 0.377 e. The fourth-order valence-electron chi connectivity index (χ4n) is 7.74. The summed E-state index contributed by atoms with van der Waals surface area (Å²) >= 11 is 0. The Balaban J connectivity index is 0.000000368. The molecule has 186 valence electrons. The molecule has 3 heteroatoms. The Hall–Kier alpha value is -0.380. The zero-order valence-corrected chi connectivity index (χ0v) is 22.7. The Kier molecular flexibility index (Phi) is 7.95. The molecule has 3 nitrogen and oxygen atoms in total. The summed E-state index contributed by atoms with van der Waals surface area (Å²) in [5, 5.41) is 0. The first-order valence-electron chi connectivity index (χ1n) is 13.6. The Bertz CT molecular complexity index is 650. The van der Waals surface area contributed by atoms with Crippen molar-refractivity contribution in [1.82, 2.24) is 0 Å². The van der Waals surface area contributed by atoms with Crippen molar-refractivity contribution in [3.05, 3.63) is 11.6 Å². The smallest absolute Gasteiger partial charge is 0.176 e. The zero-order chi connectivity index (χ0) is 23.8. The molecule has 0 radical (unpaired) electrons. The summed E-state index contributed by atoms with van der Waals surface area (Å²) in [6.07, 6.45) is 13.3. The van der Waals surface area contributed by atoms with Crippen LogP contribution in [0.3, 0.4) is 0 Å². The van der Waals surface area contributed by atoms with Crippen molar-refractivity contribution in [3.8, 4) is 0 Å². The van der Waals surface area contributed by atoms with Crippen LogP contribution in [-0.4, -0.2) is 32.2 Å². The van der Waals surface area contributed by atoms with Gasteiger partial charge in [0.05, 0.1) is 24.7 Å². The van der Waals surface area contributed by atoms with Gasteiger partial charge in [-0.3, -0.25) is 0 Å². The van der Waals surface area contributed by atoms with Crippen LogP contribution < -0.4 is 0 Å². The molecule has 1 spiro atoms. The summed E-state index contributed by atoms with van der Waals surface area (Å²) in [6.45, 7) is 19.2. The van der Waals surface area contributed by atoms with E-state index in [1.165, 1.54) is 44.9 Å². The molecule has 1 saturated heterocycles. The minimum absolute atomic E-state index is 0.0513. The predicted octanol–water partition coefficient (Wildman–Crippen LogP) is 7.79. The van der Waals surface area contributed by atoms with Crippen LogP contribution in [0.4, 0.5) is 0 Å². The van der Waals surface area contributed by atoms with E-state index in [-0.39, 0.29) is 11.5 Å². The van der Waals surface area contributed by atoms with Crippen LogP contribution in [0.25, 0.3) is 0 Å². The van der Waals surface area contributed by atoms with Gasteiger partial charge in [0.2, 0.25) is 0 Å². The third-order valence-corrected chi connectivity index (χ3v) is 9.08. The van der Waals surface area contributed by atoms with Crippen LogP contribution in [0.1, 0.15) is 107 Å². The molecule has 1 aliphatic heterocycles. The third-order valence-electron chi connectivity index (χ3n) is 9.08. The fourth-order valence-corrected chi connectivity index (χ4v) is 7.74. The highest BCUT2D eigenvalue weighted by molar-refractivity contribution is 5.32. The van der Waals surface area contributed by atoms with E-state index >= 15 is 0 Å². The van der Waals surface area contributed by atoms with E-state index in [0.717, 1.165) is 25.6 Å². The highest BCUT2D eigenvalue weighted by atomic mass is 16.7. The first-order chi connectivity index (χ1) is 15.1. The van der Waals surface area contributed by atoms with Crippen molar-refractivity contribution in [2.45, 2.75) is 119 Å². The molecule has 6 atom stereocenters. The number of fused-ring (bicyclic) bond motifs is 6. The molecular formula is C29H52O3. The van der Waals surface area contributed by atoms with Crippen molar-refractivity contribution in [1.29, 1.82) is 0 Å². The Labute approximate surface area is 199 Å². The zero-order valence-electron chi connectivity index (χ0n) is 22.7. The molecule has 0 N–H and O–H groups in total. The van der Waals surface area contributed by atoms with E-state index in [1.54, 1.807) is 5.57 Å². The minimum Gasteiger partial charge on any atom is -0.377 e. The monoisotopic (exact) mass is 448 g/mol. The molecule has 0 bridgehead atoms. The fraction of sp³-hybridized carbons (Fsp3) is 0.931. The van der Waals surface area contributed by atoms with Gasteiger partial charge in [0.1, 0.15) is 0 Å². The summed E-state index contributed by atoms with van der Waals surface area (Å²) in [5.41, 5.74) is 2.60. The van der Waals surface area contributed by atoms with Crippen LogP contribution in [0.15, 0.2) is 11.6 Å². The Morgan fingerprint density at radius 1 is 0.906 bits per heavy atom. The molecular weight excluding hydrogens is 396 g/mol. The molecule has 4 aliphatic carbocycles. The van der Waals surface area contributed by atoms with Crippen LogP contribution in [0, 0.1) is 34.0 Å². The summed E-state index contributed by atoms with van der Waals surface area (Å²) in [5.74, 6) is 1.82. The lowest BCUT2D eigenvalue weighted by atomic mass is 9.48. The van der Waals surface area contributed by atoms with Gasteiger partial charge in [0, 0.05) is 13.5 Å². The van der Waals surface area contributed by atoms with Gasteiger partial charge in [0.25, 0.3) is 0 Å². The summed E-state index contributed by atoms with van der Waals surface area (Å²) in [6, 6.07) is 0. The normalized spacial score (nSPS) is 41.8. The van der Waals surface area contributed by atoms with Crippen molar-refractivity contribution >= 4 is 0 Å². The molecule has 3 saturated carbocycles. The summed E-state index contributed by atoms with van der Waals surface area (Å²) in [4.78, 5) is 0. The maximum atomic E-state index is 6.29. The van der Waals surface area contributed by atoms with Gasteiger partial charge in [-0.1, -0.05) is 79.9 Å². The predicted molar refractivity (Wildman–Crippen MR) is 134 cm³/mol. The van der Waals surface area contributed by atoms with Gasteiger partial charge in [-0.25, -0.2) is 0 Å².